The molecule has 1 heterocycles. The van der Waals surface area contributed by atoms with Crippen molar-refractivity contribution < 1.29 is 71.8 Å². The van der Waals surface area contributed by atoms with E-state index in [1.54, 1.807) is 6.07 Å². The number of ether oxygens (including phenoxy) is 1. The van der Waals surface area contributed by atoms with Gasteiger partial charge in [-0.15, -0.1) is 0 Å². The van der Waals surface area contributed by atoms with Crippen LogP contribution in [0.4, 0.5) is 4.39 Å². The van der Waals surface area contributed by atoms with Gasteiger partial charge in [0.25, 0.3) is 0 Å². The molecule has 1 saturated heterocycles. The van der Waals surface area contributed by atoms with Gasteiger partial charge in [-0.25, -0.2) is 9.18 Å². The summed E-state index contributed by atoms with van der Waals surface area (Å²) in [5.41, 5.74) is -1.33. The van der Waals surface area contributed by atoms with Crippen LogP contribution in [0.3, 0.4) is 0 Å². The summed E-state index contributed by atoms with van der Waals surface area (Å²) in [4.78, 5) is 10.7. The number of aliphatic carboxylic acids is 1. The summed E-state index contributed by atoms with van der Waals surface area (Å²) in [5, 5.41) is 8.79. The van der Waals surface area contributed by atoms with Gasteiger partial charge in [0.05, 0.1) is 6.61 Å². The summed E-state index contributed by atoms with van der Waals surface area (Å²) in [5.74, 6) is -1.68. The fourth-order valence-corrected chi connectivity index (χ4v) is 1.26. The Kier molecular flexibility index (Phi) is 3.85. The summed E-state index contributed by atoms with van der Waals surface area (Å²) in [7, 11) is 0. The van der Waals surface area contributed by atoms with E-state index in [1.807, 2.05) is 0 Å². The first-order chi connectivity index (χ1) is 6.17. The Hall–Kier alpha value is 0.216. The van der Waals surface area contributed by atoms with Gasteiger partial charge in [0.15, 0.2) is 0 Å². The zero-order valence-electron chi connectivity index (χ0n) is 8.66. The van der Waals surface area contributed by atoms with Crippen molar-refractivity contribution >= 4 is 5.97 Å². The van der Waals surface area contributed by atoms with Gasteiger partial charge in [-0.3, -0.25) is 0 Å². The van der Waals surface area contributed by atoms with Crippen molar-refractivity contribution in [2.24, 2.45) is 0 Å². The second-order valence-electron chi connectivity index (χ2n) is 2.90. The molecule has 0 spiro atoms. The van der Waals surface area contributed by atoms with Crippen LogP contribution in [0.1, 0.15) is 6.99 Å². The number of carboxylic acids is 1. The van der Waals surface area contributed by atoms with Gasteiger partial charge in [0.2, 0.25) is 5.60 Å². The molecule has 1 N–H and O–H groups in total. The van der Waals surface area contributed by atoms with Crippen molar-refractivity contribution in [1.82, 2.24) is 0 Å². The monoisotopic (exact) mass is 222 g/mol. The first kappa shape index (κ1) is 12.3. The number of carboxylic acid groups (broad SMARTS) is 1. The number of epoxide rings is 1. The average Bonchev–Trinajstić information content (AvgIpc) is 2.85. The largest absolute Gasteiger partial charge is 1.00 e. The zero-order valence-corrected chi connectivity index (χ0v) is 10.8. The Morgan fingerprint density at radius 3 is 2.57 bits per heavy atom. The molecule has 1 aliphatic rings. The predicted molar refractivity (Wildman–Crippen MR) is 42.8 cm³/mol. The van der Waals surface area contributed by atoms with E-state index in [9.17, 15) is 9.18 Å². The summed E-state index contributed by atoms with van der Waals surface area (Å²) >= 11 is 0. The standard InChI is InChI=1S/C9H7FO3.K.H/c10-7-4-2-1-3-6(7)9(5-13-9)8(11)12;;/h1-4H,5H2,(H,11,12);;/q;+1;-1. The molecule has 0 bridgehead atoms. The van der Waals surface area contributed by atoms with Gasteiger partial charge < -0.3 is 11.3 Å². The van der Waals surface area contributed by atoms with Crippen molar-refractivity contribution in [1.29, 1.82) is 0 Å². The fourth-order valence-electron chi connectivity index (χ4n) is 1.26. The third-order valence-corrected chi connectivity index (χ3v) is 2.09. The van der Waals surface area contributed by atoms with Crippen LogP contribution < -0.4 is 51.4 Å². The normalized spacial score (nSPS) is 23.8. The van der Waals surface area contributed by atoms with Crippen LogP contribution in [0.25, 0.3) is 0 Å². The molecule has 1 aromatic rings. The molecule has 14 heavy (non-hydrogen) atoms. The molecule has 0 saturated carbocycles. The van der Waals surface area contributed by atoms with E-state index in [4.69, 9.17) is 9.84 Å². The Balaban J connectivity index is 0.000000980. The zero-order chi connectivity index (χ0) is 9.47. The molecule has 0 radical (unpaired) electrons. The second kappa shape index (κ2) is 4.38. The molecule has 1 unspecified atom stereocenters. The number of rotatable bonds is 2. The van der Waals surface area contributed by atoms with E-state index < -0.39 is 17.4 Å². The van der Waals surface area contributed by atoms with E-state index in [1.165, 1.54) is 18.2 Å². The summed E-state index contributed by atoms with van der Waals surface area (Å²) in [6, 6.07) is 5.75. The minimum absolute atomic E-state index is 0. The summed E-state index contributed by atoms with van der Waals surface area (Å²) in [6.07, 6.45) is 0. The van der Waals surface area contributed by atoms with Crippen LogP contribution in [0, 0.1) is 5.82 Å². The SMILES string of the molecule is O=C(O)C1(c2ccccc2F)CO1.[H-].[K+]. The average molecular weight is 222 g/mol. The Morgan fingerprint density at radius 1 is 1.57 bits per heavy atom. The van der Waals surface area contributed by atoms with Crippen molar-refractivity contribution in [2.75, 3.05) is 6.61 Å². The summed E-state index contributed by atoms with van der Waals surface area (Å²) in [6.45, 7) is 0.0449. The molecule has 70 valence electrons. The van der Waals surface area contributed by atoms with Crippen LogP contribution in [0.15, 0.2) is 24.3 Å². The van der Waals surface area contributed by atoms with E-state index in [0.717, 1.165) is 0 Å². The molecule has 5 heteroatoms. The number of benzene rings is 1. The minimum Gasteiger partial charge on any atom is -1.00 e. The molecule has 2 rings (SSSR count). The molecular weight excluding hydrogens is 214 g/mol. The van der Waals surface area contributed by atoms with Crippen LogP contribution in [0.2, 0.25) is 0 Å². The molecule has 1 aliphatic heterocycles. The van der Waals surface area contributed by atoms with Crippen LogP contribution in [-0.2, 0) is 15.1 Å². The van der Waals surface area contributed by atoms with Crippen molar-refractivity contribution in [3.63, 3.8) is 0 Å². The predicted octanol–water partition coefficient (Wildman–Crippen LogP) is -1.75. The minimum atomic E-state index is -1.43. The number of hydrogen-bond donors (Lipinski definition) is 1. The Bertz CT molecular complexity index is 368. The van der Waals surface area contributed by atoms with E-state index in [-0.39, 0.29) is 65.0 Å². The third-order valence-electron chi connectivity index (χ3n) is 2.09. The third kappa shape index (κ3) is 1.93. The molecule has 1 atom stereocenters. The smallest absolute Gasteiger partial charge is 1.00 e. The fraction of sp³-hybridized carbons (Fsp3) is 0.222. The van der Waals surface area contributed by atoms with Crippen molar-refractivity contribution in [3.8, 4) is 0 Å². The number of halogens is 1. The number of hydrogen-bond acceptors (Lipinski definition) is 2. The number of carbonyl (C=O) groups is 1. The first-order valence-corrected chi connectivity index (χ1v) is 3.79. The molecule has 1 aromatic carbocycles. The molecule has 1 fully saturated rings. The van der Waals surface area contributed by atoms with E-state index >= 15 is 0 Å². The van der Waals surface area contributed by atoms with Crippen molar-refractivity contribution in [2.45, 2.75) is 5.60 Å². The summed E-state index contributed by atoms with van der Waals surface area (Å²) < 4.78 is 17.9. The van der Waals surface area contributed by atoms with Gasteiger partial charge >= 0.3 is 57.4 Å². The maximum absolute atomic E-state index is 13.1. The van der Waals surface area contributed by atoms with E-state index in [0.29, 0.717) is 0 Å². The van der Waals surface area contributed by atoms with Crippen molar-refractivity contribution in [3.05, 3.63) is 35.6 Å². The first-order valence-electron chi connectivity index (χ1n) is 3.79. The molecular formula is C9H8FKO3. The maximum atomic E-state index is 13.1. The molecule has 0 amide bonds. The quantitative estimate of drug-likeness (QED) is 0.477. The van der Waals surface area contributed by atoms with Crippen LogP contribution in [0.5, 0.6) is 0 Å². The van der Waals surface area contributed by atoms with E-state index in [2.05, 4.69) is 0 Å². The Labute approximate surface area is 124 Å². The van der Waals surface area contributed by atoms with Crippen LogP contribution >= 0.6 is 0 Å². The Morgan fingerprint density at radius 2 is 2.14 bits per heavy atom. The molecule has 3 nitrogen and oxygen atoms in total. The van der Waals surface area contributed by atoms with Gasteiger partial charge in [-0.05, 0) is 6.07 Å². The van der Waals surface area contributed by atoms with Gasteiger partial charge in [0.1, 0.15) is 5.82 Å². The maximum Gasteiger partial charge on any atom is 1.00 e. The molecule has 0 aliphatic carbocycles. The molecule has 0 aromatic heterocycles. The second-order valence-corrected chi connectivity index (χ2v) is 2.90. The van der Waals surface area contributed by atoms with Gasteiger partial charge in [-0.2, -0.15) is 0 Å². The van der Waals surface area contributed by atoms with Crippen LogP contribution in [-0.4, -0.2) is 17.7 Å². The van der Waals surface area contributed by atoms with Gasteiger partial charge in [-0.1, -0.05) is 18.2 Å². The van der Waals surface area contributed by atoms with Gasteiger partial charge in [0, 0.05) is 5.56 Å². The topological polar surface area (TPSA) is 49.8 Å².